The number of likely N-dealkylation sites (tertiary alicyclic amines) is 1. The van der Waals surface area contributed by atoms with Crippen molar-refractivity contribution in [2.75, 3.05) is 39.0 Å². The number of carbonyl (C=O) groups is 1. The monoisotopic (exact) mass is 286 g/mol. The summed E-state index contributed by atoms with van der Waals surface area (Å²) in [5, 5.41) is 12.4. The molecule has 0 aromatic heterocycles. The molecule has 2 rings (SSSR count). The summed E-state index contributed by atoms with van der Waals surface area (Å²) in [4.78, 5) is 15.5. The van der Waals surface area contributed by atoms with E-state index < -0.39 is 0 Å². The predicted octanol–water partition coefficient (Wildman–Crippen LogP) is 1.52. The van der Waals surface area contributed by atoms with E-state index in [0.29, 0.717) is 18.2 Å². The highest BCUT2D eigenvalue weighted by molar-refractivity contribution is 5.77. The Morgan fingerprint density at radius 2 is 2.14 bits per heavy atom. The van der Waals surface area contributed by atoms with Gasteiger partial charge in [-0.2, -0.15) is 5.26 Å². The fraction of sp³-hybridized carbons (Fsp3) is 0.500. The van der Waals surface area contributed by atoms with Gasteiger partial charge < -0.3 is 10.2 Å². The first-order chi connectivity index (χ1) is 10.1. The molecule has 1 aromatic carbocycles. The van der Waals surface area contributed by atoms with Gasteiger partial charge in [-0.1, -0.05) is 6.07 Å². The first kappa shape index (κ1) is 15.3. The number of benzene rings is 1. The van der Waals surface area contributed by atoms with Gasteiger partial charge in [-0.25, -0.2) is 0 Å². The minimum Gasteiger partial charge on any atom is -0.382 e. The second kappa shape index (κ2) is 7.09. The minimum absolute atomic E-state index is 0.156. The van der Waals surface area contributed by atoms with Crippen LogP contribution in [-0.2, 0) is 4.79 Å². The quantitative estimate of drug-likeness (QED) is 0.912. The fourth-order valence-corrected chi connectivity index (χ4v) is 2.48. The van der Waals surface area contributed by atoms with Crippen LogP contribution < -0.4 is 5.32 Å². The van der Waals surface area contributed by atoms with E-state index in [-0.39, 0.29) is 5.91 Å². The average molecular weight is 286 g/mol. The Morgan fingerprint density at radius 3 is 2.76 bits per heavy atom. The molecule has 1 heterocycles. The highest BCUT2D eigenvalue weighted by atomic mass is 16.2. The largest absolute Gasteiger partial charge is 0.382 e. The van der Waals surface area contributed by atoms with E-state index in [0.717, 1.165) is 31.6 Å². The smallest absolute Gasteiger partial charge is 0.236 e. The maximum absolute atomic E-state index is 11.7. The number of anilines is 1. The summed E-state index contributed by atoms with van der Waals surface area (Å²) in [6.45, 7) is 2.36. The van der Waals surface area contributed by atoms with Crippen LogP contribution in [0.3, 0.4) is 0 Å². The number of hydrogen-bond acceptors (Lipinski definition) is 4. The second-order valence-electron chi connectivity index (χ2n) is 5.68. The Bertz CT molecular complexity index is 527. The molecule has 1 aliphatic rings. The third-order valence-corrected chi connectivity index (χ3v) is 3.81. The number of rotatable bonds is 4. The molecule has 1 saturated heterocycles. The van der Waals surface area contributed by atoms with Crippen molar-refractivity contribution in [3.05, 3.63) is 29.8 Å². The molecule has 0 bridgehead atoms. The number of nitriles is 1. The molecule has 0 spiro atoms. The summed E-state index contributed by atoms with van der Waals surface area (Å²) in [5.74, 6) is 0.156. The van der Waals surface area contributed by atoms with Crippen LogP contribution in [0, 0.1) is 11.3 Å². The number of carbonyl (C=O) groups excluding carboxylic acids is 1. The van der Waals surface area contributed by atoms with E-state index in [9.17, 15) is 4.79 Å². The van der Waals surface area contributed by atoms with Gasteiger partial charge in [0, 0.05) is 38.9 Å². The molecule has 0 unspecified atom stereocenters. The van der Waals surface area contributed by atoms with E-state index in [2.05, 4.69) is 16.3 Å². The van der Waals surface area contributed by atoms with Gasteiger partial charge in [0.1, 0.15) is 0 Å². The van der Waals surface area contributed by atoms with E-state index in [1.807, 2.05) is 18.2 Å². The van der Waals surface area contributed by atoms with E-state index in [1.54, 1.807) is 25.1 Å². The predicted molar refractivity (Wildman–Crippen MR) is 82.9 cm³/mol. The lowest BCUT2D eigenvalue weighted by Crippen LogP contribution is -2.43. The second-order valence-corrected chi connectivity index (χ2v) is 5.68. The third kappa shape index (κ3) is 4.47. The van der Waals surface area contributed by atoms with Crippen LogP contribution in [0.5, 0.6) is 0 Å². The van der Waals surface area contributed by atoms with Crippen molar-refractivity contribution in [2.24, 2.45) is 0 Å². The summed E-state index contributed by atoms with van der Waals surface area (Å²) in [6.07, 6.45) is 2.02. The molecule has 0 radical (unpaired) electrons. The van der Waals surface area contributed by atoms with Crippen LogP contribution in [0.2, 0.25) is 0 Å². The highest BCUT2D eigenvalue weighted by Crippen LogP contribution is 2.17. The number of nitrogens with one attached hydrogen (secondary N) is 1. The van der Waals surface area contributed by atoms with Gasteiger partial charge in [-0.15, -0.1) is 0 Å². The van der Waals surface area contributed by atoms with Gasteiger partial charge in [-0.3, -0.25) is 9.69 Å². The molecular weight excluding hydrogens is 264 g/mol. The van der Waals surface area contributed by atoms with Gasteiger partial charge in [-0.05, 0) is 31.0 Å². The zero-order valence-corrected chi connectivity index (χ0v) is 12.7. The van der Waals surface area contributed by atoms with Crippen molar-refractivity contribution in [1.29, 1.82) is 5.26 Å². The SMILES string of the molecule is CN(C)C(=O)CN1CCC(Nc2cccc(C#N)c2)CC1. The number of likely N-dealkylation sites (N-methyl/N-ethyl adjacent to an activating group) is 1. The zero-order chi connectivity index (χ0) is 15.2. The lowest BCUT2D eigenvalue weighted by molar-refractivity contribution is -0.130. The van der Waals surface area contributed by atoms with Gasteiger partial charge in [0.25, 0.3) is 0 Å². The highest BCUT2D eigenvalue weighted by Gasteiger charge is 2.21. The van der Waals surface area contributed by atoms with Crippen molar-refractivity contribution < 1.29 is 4.79 Å². The molecule has 1 aromatic rings. The topological polar surface area (TPSA) is 59.4 Å². The van der Waals surface area contributed by atoms with E-state index in [4.69, 9.17) is 5.26 Å². The fourth-order valence-electron chi connectivity index (χ4n) is 2.48. The lowest BCUT2D eigenvalue weighted by atomic mass is 10.0. The maximum atomic E-state index is 11.7. The Kier molecular flexibility index (Phi) is 5.18. The molecule has 1 N–H and O–H groups in total. The van der Waals surface area contributed by atoms with Crippen LogP contribution in [-0.4, -0.2) is 55.5 Å². The first-order valence-corrected chi connectivity index (χ1v) is 7.27. The standard InChI is InChI=1S/C16H22N4O/c1-19(2)16(21)12-20-8-6-14(7-9-20)18-15-5-3-4-13(10-15)11-17/h3-5,10,14,18H,6-9,12H2,1-2H3. The Hall–Kier alpha value is -2.06. The molecule has 5 heteroatoms. The van der Waals surface area contributed by atoms with Gasteiger partial charge >= 0.3 is 0 Å². The molecule has 1 aliphatic heterocycles. The third-order valence-electron chi connectivity index (χ3n) is 3.81. The number of piperidine rings is 1. The van der Waals surface area contributed by atoms with Crippen molar-refractivity contribution in [3.63, 3.8) is 0 Å². The Morgan fingerprint density at radius 1 is 1.43 bits per heavy atom. The number of amides is 1. The Balaban J connectivity index is 1.81. The zero-order valence-electron chi connectivity index (χ0n) is 12.7. The average Bonchev–Trinajstić information content (AvgIpc) is 2.49. The molecule has 1 fully saturated rings. The summed E-state index contributed by atoms with van der Waals surface area (Å²) in [6, 6.07) is 10.1. The molecule has 112 valence electrons. The van der Waals surface area contributed by atoms with Gasteiger partial charge in [0.15, 0.2) is 0 Å². The normalized spacial score (nSPS) is 16.2. The minimum atomic E-state index is 0.156. The van der Waals surface area contributed by atoms with Gasteiger partial charge in [0.2, 0.25) is 5.91 Å². The van der Waals surface area contributed by atoms with Crippen molar-refractivity contribution >= 4 is 11.6 Å². The summed E-state index contributed by atoms with van der Waals surface area (Å²) in [5.41, 5.74) is 1.67. The number of nitrogens with zero attached hydrogens (tertiary/aromatic N) is 3. The van der Waals surface area contributed by atoms with Gasteiger partial charge in [0.05, 0.1) is 18.2 Å². The number of hydrogen-bond donors (Lipinski definition) is 1. The Labute approximate surface area is 126 Å². The van der Waals surface area contributed by atoms with Crippen LogP contribution in [0.1, 0.15) is 18.4 Å². The van der Waals surface area contributed by atoms with Crippen LogP contribution in [0.4, 0.5) is 5.69 Å². The van der Waals surface area contributed by atoms with E-state index >= 15 is 0 Å². The molecular formula is C16H22N4O. The van der Waals surface area contributed by atoms with Crippen LogP contribution in [0.25, 0.3) is 0 Å². The first-order valence-electron chi connectivity index (χ1n) is 7.27. The summed E-state index contributed by atoms with van der Waals surface area (Å²) < 4.78 is 0. The molecule has 0 atom stereocenters. The van der Waals surface area contributed by atoms with Crippen molar-refractivity contribution in [3.8, 4) is 6.07 Å². The molecule has 21 heavy (non-hydrogen) atoms. The van der Waals surface area contributed by atoms with Crippen LogP contribution >= 0.6 is 0 Å². The summed E-state index contributed by atoms with van der Waals surface area (Å²) >= 11 is 0. The van der Waals surface area contributed by atoms with E-state index in [1.165, 1.54) is 0 Å². The molecule has 5 nitrogen and oxygen atoms in total. The molecule has 0 aliphatic carbocycles. The molecule has 0 saturated carbocycles. The molecule has 1 amide bonds. The summed E-state index contributed by atoms with van der Waals surface area (Å²) in [7, 11) is 3.58. The maximum Gasteiger partial charge on any atom is 0.236 e. The van der Waals surface area contributed by atoms with Crippen molar-refractivity contribution in [2.45, 2.75) is 18.9 Å². The van der Waals surface area contributed by atoms with Crippen LogP contribution in [0.15, 0.2) is 24.3 Å². The van der Waals surface area contributed by atoms with Crippen molar-refractivity contribution in [1.82, 2.24) is 9.80 Å². The lowest BCUT2D eigenvalue weighted by Gasteiger charge is -2.32.